The molecular formula is C21H14N4O2S2. The highest BCUT2D eigenvalue weighted by atomic mass is 32.2. The number of hydrogen-bond acceptors (Lipinski definition) is 7. The second-order valence-electron chi connectivity index (χ2n) is 6.07. The highest BCUT2D eigenvalue weighted by Crippen LogP contribution is 2.44. The Morgan fingerprint density at radius 2 is 1.76 bits per heavy atom. The first-order chi connectivity index (χ1) is 14.2. The Hall–Kier alpha value is -3.25. The van der Waals surface area contributed by atoms with Crippen molar-refractivity contribution in [3.63, 3.8) is 0 Å². The molecule has 2 N–H and O–H groups in total. The third-order valence-electron chi connectivity index (χ3n) is 4.27. The minimum atomic E-state index is -0.515. The summed E-state index contributed by atoms with van der Waals surface area (Å²) in [5, 5.41) is 10.6. The zero-order chi connectivity index (χ0) is 20.2. The lowest BCUT2D eigenvalue weighted by atomic mass is 9.94. The Bertz CT molecular complexity index is 1100. The zero-order valence-electron chi connectivity index (χ0n) is 15.0. The van der Waals surface area contributed by atoms with Crippen LogP contribution >= 0.6 is 24.1 Å². The molecule has 0 spiro atoms. The number of nitrogens with zero attached hydrogens (tertiary/aromatic N) is 2. The summed E-state index contributed by atoms with van der Waals surface area (Å²) in [6.45, 7) is 0. The molecule has 0 atom stereocenters. The molecule has 0 radical (unpaired) electrons. The number of fused-ring (bicyclic) bond motifs is 2. The van der Waals surface area contributed by atoms with Gasteiger partial charge in [-0.2, -0.15) is 9.39 Å². The van der Waals surface area contributed by atoms with E-state index in [0.29, 0.717) is 11.1 Å². The van der Waals surface area contributed by atoms with Crippen LogP contribution in [0.5, 0.6) is 0 Å². The summed E-state index contributed by atoms with van der Waals surface area (Å²) in [6, 6.07) is 18.1. The van der Waals surface area contributed by atoms with E-state index in [-0.39, 0.29) is 0 Å². The number of imide groups is 1. The van der Waals surface area contributed by atoms with E-state index in [1.165, 1.54) is 36.4 Å². The van der Waals surface area contributed by atoms with Gasteiger partial charge in [-0.3, -0.25) is 19.2 Å². The molecule has 0 fully saturated rings. The lowest BCUT2D eigenvalue weighted by Gasteiger charge is -2.38. The summed E-state index contributed by atoms with van der Waals surface area (Å²) in [7, 11) is 0. The molecule has 0 aromatic heterocycles. The fourth-order valence-electron chi connectivity index (χ4n) is 2.83. The molecule has 2 heterocycles. The van der Waals surface area contributed by atoms with Gasteiger partial charge < -0.3 is 0 Å². The second kappa shape index (κ2) is 8.41. The fourth-order valence-corrected chi connectivity index (χ4v) is 4.19. The van der Waals surface area contributed by atoms with E-state index >= 15 is 0 Å². The number of nitriles is 1. The van der Waals surface area contributed by atoms with Crippen LogP contribution in [0.3, 0.4) is 0 Å². The summed E-state index contributed by atoms with van der Waals surface area (Å²) in [5.41, 5.74) is 5.09. The van der Waals surface area contributed by atoms with E-state index < -0.39 is 11.1 Å². The second-order valence-corrected chi connectivity index (χ2v) is 7.86. The summed E-state index contributed by atoms with van der Waals surface area (Å²) in [4.78, 5) is 24.1. The highest BCUT2D eigenvalue weighted by Gasteiger charge is 2.30. The Morgan fingerprint density at radius 1 is 1.00 bits per heavy atom. The van der Waals surface area contributed by atoms with Crippen LogP contribution < -0.4 is 9.44 Å². The molecule has 0 saturated heterocycles. The van der Waals surface area contributed by atoms with E-state index in [1.54, 1.807) is 0 Å². The van der Waals surface area contributed by atoms with Crippen molar-refractivity contribution in [3.05, 3.63) is 101 Å². The Morgan fingerprint density at radius 3 is 2.45 bits per heavy atom. The largest absolute Gasteiger partial charge is 0.301 e. The standard InChI is InChI=1S/C21H14N4O2S2/c22-13-14-6-8-16(9-7-14)20(26)23-21(27)28-24-29-25-17-10-11-18(19(25)12-17)15-4-2-1-3-5-15/h1-12,24H,(H,23,26,27). The van der Waals surface area contributed by atoms with Gasteiger partial charge in [0.1, 0.15) is 0 Å². The first-order valence-corrected chi connectivity index (χ1v) is 10.2. The molecule has 8 heteroatoms. The average molecular weight is 419 g/mol. The molecule has 0 unspecified atom stereocenters. The quantitative estimate of drug-likeness (QED) is 0.697. The van der Waals surface area contributed by atoms with Crippen LogP contribution in [0.15, 0.2) is 84.2 Å². The number of amides is 2. The van der Waals surface area contributed by atoms with Crippen LogP contribution in [-0.4, -0.2) is 15.5 Å². The summed E-state index contributed by atoms with van der Waals surface area (Å²) in [6.07, 6.45) is 6.17. The normalized spacial score (nSPS) is 14.0. The Balaban J connectivity index is 1.27. The van der Waals surface area contributed by atoms with Gasteiger partial charge in [-0.25, -0.2) is 0 Å². The maximum Gasteiger partial charge on any atom is 0.301 e. The van der Waals surface area contributed by atoms with Crippen LogP contribution in [0.2, 0.25) is 0 Å². The van der Waals surface area contributed by atoms with Gasteiger partial charge in [0.2, 0.25) is 0 Å². The molecule has 29 heavy (non-hydrogen) atoms. The predicted octanol–water partition coefficient (Wildman–Crippen LogP) is 4.39. The van der Waals surface area contributed by atoms with Crippen LogP contribution in [0.1, 0.15) is 21.5 Å². The average Bonchev–Trinajstić information content (AvgIpc) is 2.77. The fraction of sp³-hybridized carbons (Fsp3) is 0. The van der Waals surface area contributed by atoms with Crippen molar-refractivity contribution in [2.24, 2.45) is 0 Å². The van der Waals surface area contributed by atoms with Crippen LogP contribution in [0.25, 0.3) is 5.57 Å². The lowest BCUT2D eigenvalue weighted by molar-refractivity contribution is 0.0969. The van der Waals surface area contributed by atoms with Gasteiger partial charge in [-0.05, 0) is 42.0 Å². The maximum absolute atomic E-state index is 12.1. The maximum atomic E-state index is 12.1. The molecule has 2 aliphatic heterocycles. The third kappa shape index (κ3) is 4.12. The Kier molecular flexibility index (Phi) is 5.53. The molecule has 2 aliphatic rings. The number of benzene rings is 2. The van der Waals surface area contributed by atoms with Crippen LogP contribution in [-0.2, 0) is 0 Å². The first-order valence-electron chi connectivity index (χ1n) is 8.59. The number of allylic oxidation sites excluding steroid dienone is 4. The van der Waals surface area contributed by atoms with Gasteiger partial charge in [0.15, 0.2) is 0 Å². The van der Waals surface area contributed by atoms with E-state index in [4.69, 9.17) is 5.26 Å². The van der Waals surface area contributed by atoms with E-state index in [1.807, 2.05) is 34.6 Å². The number of hydrogen-bond donors (Lipinski definition) is 2. The summed E-state index contributed by atoms with van der Waals surface area (Å²) >= 11 is 2.07. The highest BCUT2D eigenvalue weighted by molar-refractivity contribution is 8.20. The monoisotopic (exact) mass is 418 g/mol. The molecular weight excluding hydrogens is 404 g/mol. The topological polar surface area (TPSA) is 85.2 Å². The van der Waals surface area contributed by atoms with Gasteiger partial charge in [0.05, 0.1) is 35.2 Å². The number of carbonyl (C=O) groups excluding carboxylic acids is 2. The molecule has 2 bridgehead atoms. The number of rotatable bonds is 5. The van der Waals surface area contributed by atoms with Gasteiger partial charge >= 0.3 is 5.24 Å². The molecule has 142 valence electrons. The van der Waals surface area contributed by atoms with Crippen molar-refractivity contribution in [3.8, 4) is 6.07 Å². The van der Waals surface area contributed by atoms with Gasteiger partial charge in [0, 0.05) is 23.1 Å². The minimum absolute atomic E-state index is 0.316. The van der Waals surface area contributed by atoms with E-state index in [0.717, 1.165) is 34.5 Å². The molecule has 0 aliphatic carbocycles. The van der Waals surface area contributed by atoms with E-state index in [2.05, 4.69) is 33.7 Å². The van der Waals surface area contributed by atoms with Crippen molar-refractivity contribution < 1.29 is 9.59 Å². The van der Waals surface area contributed by atoms with Crippen molar-refractivity contribution >= 4 is 40.8 Å². The van der Waals surface area contributed by atoms with Crippen molar-refractivity contribution in [1.29, 1.82) is 5.26 Å². The first kappa shape index (κ1) is 19.1. The molecule has 2 aromatic rings. The number of nitrogens with one attached hydrogen (secondary N) is 2. The lowest BCUT2D eigenvalue weighted by Crippen LogP contribution is -2.31. The van der Waals surface area contributed by atoms with Crippen molar-refractivity contribution in [1.82, 2.24) is 13.7 Å². The van der Waals surface area contributed by atoms with Crippen LogP contribution in [0.4, 0.5) is 4.79 Å². The number of carbonyl (C=O) groups is 2. The third-order valence-corrected chi connectivity index (χ3v) is 5.78. The minimum Gasteiger partial charge on any atom is -0.282 e. The van der Waals surface area contributed by atoms with Crippen molar-refractivity contribution in [2.75, 3.05) is 0 Å². The van der Waals surface area contributed by atoms with Gasteiger partial charge in [-0.15, -0.1) is 0 Å². The van der Waals surface area contributed by atoms with Gasteiger partial charge in [-0.1, -0.05) is 36.4 Å². The molecule has 2 aromatic carbocycles. The molecule has 2 amide bonds. The van der Waals surface area contributed by atoms with Crippen molar-refractivity contribution in [2.45, 2.75) is 0 Å². The molecule has 6 nitrogen and oxygen atoms in total. The van der Waals surface area contributed by atoms with Crippen LogP contribution in [0, 0.1) is 11.3 Å². The summed E-state index contributed by atoms with van der Waals surface area (Å²) < 4.78 is 4.90. The molecule has 4 rings (SSSR count). The van der Waals surface area contributed by atoms with Gasteiger partial charge in [0.25, 0.3) is 5.91 Å². The zero-order valence-corrected chi connectivity index (χ0v) is 16.6. The Labute approximate surface area is 176 Å². The molecule has 0 saturated carbocycles. The summed E-state index contributed by atoms with van der Waals surface area (Å²) in [5.74, 6) is -0.515. The predicted molar refractivity (Wildman–Crippen MR) is 115 cm³/mol. The smallest absolute Gasteiger partial charge is 0.282 e. The van der Waals surface area contributed by atoms with E-state index in [9.17, 15) is 9.59 Å². The SMILES string of the molecule is N#Cc1ccc(C(=O)NC(=O)SNSN2c3ccc(-c4ccccc4)c2c3)cc1.